The first kappa shape index (κ1) is 16.1. The Hall–Kier alpha value is -1.32. The summed E-state index contributed by atoms with van der Waals surface area (Å²) in [5.41, 5.74) is 1.15. The van der Waals surface area contributed by atoms with E-state index in [-0.39, 0.29) is 0 Å². The number of aromatic nitrogens is 2. The van der Waals surface area contributed by atoms with E-state index in [1.807, 2.05) is 0 Å². The molecule has 0 radical (unpaired) electrons. The SMILES string of the molecule is CCNc1nc(CC)nc(NC2CCCCC2CC)c1C. The maximum absolute atomic E-state index is 4.73. The maximum Gasteiger partial charge on any atom is 0.135 e. The molecule has 118 valence electrons. The van der Waals surface area contributed by atoms with Crippen molar-refractivity contribution in [2.24, 2.45) is 5.92 Å². The highest BCUT2D eigenvalue weighted by molar-refractivity contribution is 5.57. The first-order chi connectivity index (χ1) is 10.2. The summed E-state index contributed by atoms with van der Waals surface area (Å²) in [5, 5.41) is 7.09. The minimum absolute atomic E-state index is 0.566. The number of nitrogens with zero attached hydrogens (tertiary/aromatic N) is 2. The molecule has 1 aliphatic carbocycles. The van der Waals surface area contributed by atoms with E-state index < -0.39 is 0 Å². The number of anilines is 2. The molecular formula is C17H30N4. The van der Waals surface area contributed by atoms with Gasteiger partial charge in [0.15, 0.2) is 0 Å². The van der Waals surface area contributed by atoms with Crippen LogP contribution in [-0.4, -0.2) is 22.6 Å². The van der Waals surface area contributed by atoms with Crippen LogP contribution in [0.4, 0.5) is 11.6 Å². The Morgan fingerprint density at radius 3 is 2.43 bits per heavy atom. The smallest absolute Gasteiger partial charge is 0.135 e. The molecule has 0 aliphatic heterocycles. The first-order valence-corrected chi connectivity index (χ1v) is 8.57. The van der Waals surface area contributed by atoms with E-state index in [0.29, 0.717) is 6.04 Å². The Bertz CT molecular complexity index is 458. The van der Waals surface area contributed by atoms with Crippen LogP contribution in [0.3, 0.4) is 0 Å². The number of nitrogens with one attached hydrogen (secondary N) is 2. The number of hydrogen-bond acceptors (Lipinski definition) is 4. The second-order valence-electron chi connectivity index (χ2n) is 6.05. The van der Waals surface area contributed by atoms with E-state index in [4.69, 9.17) is 4.98 Å². The molecule has 21 heavy (non-hydrogen) atoms. The van der Waals surface area contributed by atoms with Crippen molar-refractivity contribution in [2.45, 2.75) is 72.3 Å². The molecular weight excluding hydrogens is 260 g/mol. The summed E-state index contributed by atoms with van der Waals surface area (Å²) in [7, 11) is 0. The van der Waals surface area contributed by atoms with Gasteiger partial charge < -0.3 is 10.6 Å². The van der Waals surface area contributed by atoms with Crippen molar-refractivity contribution in [3.63, 3.8) is 0 Å². The van der Waals surface area contributed by atoms with E-state index in [1.165, 1.54) is 32.1 Å². The molecule has 4 nitrogen and oxygen atoms in total. The summed E-state index contributed by atoms with van der Waals surface area (Å²) in [5.74, 6) is 3.71. The number of hydrogen-bond donors (Lipinski definition) is 2. The third-order valence-electron chi connectivity index (χ3n) is 4.61. The lowest BCUT2D eigenvalue weighted by Gasteiger charge is -2.32. The number of aryl methyl sites for hydroxylation is 1. The third-order valence-corrected chi connectivity index (χ3v) is 4.61. The molecule has 2 atom stereocenters. The predicted octanol–water partition coefficient (Wildman–Crippen LogP) is 4.16. The highest BCUT2D eigenvalue weighted by atomic mass is 15.1. The summed E-state index contributed by atoms with van der Waals surface area (Å²) in [6.07, 6.45) is 7.44. The van der Waals surface area contributed by atoms with Gasteiger partial charge in [0, 0.05) is 24.6 Å². The summed E-state index contributed by atoms with van der Waals surface area (Å²) in [6.45, 7) is 9.53. The summed E-state index contributed by atoms with van der Waals surface area (Å²) < 4.78 is 0. The second-order valence-corrected chi connectivity index (χ2v) is 6.05. The van der Waals surface area contributed by atoms with E-state index >= 15 is 0 Å². The largest absolute Gasteiger partial charge is 0.370 e. The van der Waals surface area contributed by atoms with Gasteiger partial charge in [0.25, 0.3) is 0 Å². The molecule has 1 saturated carbocycles. The normalized spacial score (nSPS) is 22.1. The highest BCUT2D eigenvalue weighted by Gasteiger charge is 2.24. The summed E-state index contributed by atoms with van der Waals surface area (Å²) in [6, 6.07) is 0.566. The van der Waals surface area contributed by atoms with Crippen LogP contribution in [0.1, 0.15) is 64.3 Å². The van der Waals surface area contributed by atoms with Gasteiger partial charge in [-0.15, -0.1) is 0 Å². The fraction of sp³-hybridized carbons (Fsp3) is 0.765. The zero-order valence-electron chi connectivity index (χ0n) is 14.0. The Morgan fingerprint density at radius 1 is 1.05 bits per heavy atom. The summed E-state index contributed by atoms with van der Waals surface area (Å²) in [4.78, 5) is 9.35. The fourth-order valence-electron chi connectivity index (χ4n) is 3.26. The zero-order valence-corrected chi connectivity index (χ0v) is 14.0. The van der Waals surface area contributed by atoms with Crippen LogP contribution in [-0.2, 0) is 6.42 Å². The fourth-order valence-corrected chi connectivity index (χ4v) is 3.26. The van der Waals surface area contributed by atoms with Crippen LogP contribution in [0, 0.1) is 12.8 Å². The van der Waals surface area contributed by atoms with Gasteiger partial charge in [-0.3, -0.25) is 0 Å². The molecule has 1 heterocycles. The predicted molar refractivity (Wildman–Crippen MR) is 90.0 cm³/mol. The number of rotatable bonds is 6. The van der Waals surface area contributed by atoms with Crippen LogP contribution < -0.4 is 10.6 Å². The second kappa shape index (κ2) is 7.62. The van der Waals surface area contributed by atoms with Crippen molar-refractivity contribution in [1.29, 1.82) is 0 Å². The van der Waals surface area contributed by atoms with Crippen LogP contribution in [0.25, 0.3) is 0 Å². The van der Waals surface area contributed by atoms with Crippen LogP contribution >= 0.6 is 0 Å². The topological polar surface area (TPSA) is 49.8 Å². The van der Waals surface area contributed by atoms with Gasteiger partial charge in [0.1, 0.15) is 17.5 Å². The Balaban J connectivity index is 2.23. The standard InChI is InChI=1S/C17H30N4/c1-5-13-10-8-9-11-14(13)19-17-12(4)16(18-7-3)20-15(6-2)21-17/h13-14H,5-11H2,1-4H3,(H2,18,19,20,21). The van der Waals surface area contributed by atoms with Gasteiger partial charge in [0.05, 0.1) is 0 Å². The van der Waals surface area contributed by atoms with Crippen molar-refractivity contribution in [2.75, 3.05) is 17.2 Å². The monoisotopic (exact) mass is 290 g/mol. The van der Waals surface area contributed by atoms with Crippen molar-refractivity contribution >= 4 is 11.6 Å². The van der Waals surface area contributed by atoms with Gasteiger partial charge >= 0.3 is 0 Å². The Morgan fingerprint density at radius 2 is 1.76 bits per heavy atom. The van der Waals surface area contributed by atoms with Crippen molar-refractivity contribution in [1.82, 2.24) is 9.97 Å². The average molecular weight is 290 g/mol. The molecule has 2 unspecified atom stereocenters. The first-order valence-electron chi connectivity index (χ1n) is 8.57. The highest BCUT2D eigenvalue weighted by Crippen LogP contribution is 2.30. The quantitative estimate of drug-likeness (QED) is 0.826. The van der Waals surface area contributed by atoms with Gasteiger partial charge in [-0.05, 0) is 32.6 Å². The van der Waals surface area contributed by atoms with Crippen LogP contribution in [0.15, 0.2) is 0 Å². The molecule has 0 spiro atoms. The van der Waals surface area contributed by atoms with E-state index in [2.05, 4.69) is 43.3 Å². The maximum atomic E-state index is 4.73. The minimum atomic E-state index is 0.566. The zero-order chi connectivity index (χ0) is 15.2. The lowest BCUT2D eigenvalue weighted by molar-refractivity contribution is 0.316. The van der Waals surface area contributed by atoms with Gasteiger partial charge in [-0.2, -0.15) is 0 Å². The van der Waals surface area contributed by atoms with Crippen molar-refractivity contribution in [3.8, 4) is 0 Å². The molecule has 1 aromatic heterocycles. The molecule has 0 saturated heterocycles. The van der Waals surface area contributed by atoms with Crippen LogP contribution in [0.2, 0.25) is 0 Å². The molecule has 1 aliphatic rings. The third kappa shape index (κ3) is 3.86. The average Bonchev–Trinajstić information content (AvgIpc) is 2.51. The minimum Gasteiger partial charge on any atom is -0.370 e. The molecule has 4 heteroatoms. The molecule has 1 aromatic rings. The van der Waals surface area contributed by atoms with Gasteiger partial charge in [-0.25, -0.2) is 9.97 Å². The molecule has 0 aromatic carbocycles. The van der Waals surface area contributed by atoms with Crippen molar-refractivity contribution < 1.29 is 0 Å². The van der Waals surface area contributed by atoms with Gasteiger partial charge in [0.2, 0.25) is 0 Å². The Kier molecular flexibility index (Phi) is 5.83. The molecule has 0 bridgehead atoms. The molecule has 2 rings (SSSR count). The summed E-state index contributed by atoms with van der Waals surface area (Å²) >= 11 is 0. The van der Waals surface area contributed by atoms with E-state index in [0.717, 1.165) is 41.9 Å². The van der Waals surface area contributed by atoms with Crippen molar-refractivity contribution in [3.05, 3.63) is 11.4 Å². The van der Waals surface area contributed by atoms with Gasteiger partial charge in [-0.1, -0.05) is 33.1 Å². The lowest BCUT2D eigenvalue weighted by Crippen LogP contribution is -2.32. The Labute approximate surface area is 129 Å². The molecule has 0 amide bonds. The van der Waals surface area contributed by atoms with Crippen LogP contribution in [0.5, 0.6) is 0 Å². The lowest BCUT2D eigenvalue weighted by atomic mass is 9.83. The molecule has 2 N–H and O–H groups in total. The van der Waals surface area contributed by atoms with E-state index in [1.54, 1.807) is 0 Å². The molecule has 1 fully saturated rings. The van der Waals surface area contributed by atoms with E-state index in [9.17, 15) is 0 Å².